The molecule has 1 aliphatic rings. The van der Waals surface area contributed by atoms with Gasteiger partial charge in [-0.05, 0) is 58.0 Å². The van der Waals surface area contributed by atoms with Crippen LogP contribution in [0.1, 0.15) is 27.8 Å². The molecule has 0 radical (unpaired) electrons. The van der Waals surface area contributed by atoms with E-state index in [0.717, 1.165) is 5.02 Å². The molecule has 0 amide bonds. The zero-order valence-electron chi connectivity index (χ0n) is 15.1. The van der Waals surface area contributed by atoms with Crippen LogP contribution in [0.15, 0.2) is 97.1 Å². The van der Waals surface area contributed by atoms with Gasteiger partial charge in [0.05, 0.1) is 5.41 Å². The Kier molecular flexibility index (Phi) is 3.70. The van der Waals surface area contributed by atoms with Crippen molar-refractivity contribution >= 4 is 11.6 Å². The summed E-state index contributed by atoms with van der Waals surface area (Å²) in [5.74, 6) is 0. The van der Waals surface area contributed by atoms with E-state index in [-0.39, 0.29) is 5.41 Å². The molecule has 27 heavy (non-hydrogen) atoms. The molecule has 0 atom stereocenters. The first-order chi connectivity index (χ1) is 13.2. The zero-order chi connectivity index (χ0) is 18.4. The maximum absolute atomic E-state index is 6.51. The van der Waals surface area contributed by atoms with Gasteiger partial charge in [0.25, 0.3) is 0 Å². The van der Waals surface area contributed by atoms with E-state index in [1.807, 2.05) is 6.07 Å². The van der Waals surface area contributed by atoms with E-state index in [9.17, 15) is 0 Å². The number of halogens is 1. The molecule has 0 saturated carbocycles. The second kappa shape index (κ2) is 6.11. The van der Waals surface area contributed by atoms with Crippen LogP contribution in [0.25, 0.3) is 11.1 Å². The molecule has 0 saturated heterocycles. The summed E-state index contributed by atoms with van der Waals surface area (Å²) >= 11 is 6.51. The summed E-state index contributed by atoms with van der Waals surface area (Å²) in [6, 6.07) is 34.5. The van der Waals surface area contributed by atoms with Crippen LogP contribution in [-0.4, -0.2) is 0 Å². The van der Waals surface area contributed by atoms with Crippen LogP contribution < -0.4 is 0 Å². The lowest BCUT2D eigenvalue weighted by molar-refractivity contribution is 0.768. The molecule has 0 spiro atoms. The lowest BCUT2D eigenvalue weighted by Crippen LogP contribution is -2.28. The van der Waals surface area contributed by atoms with Gasteiger partial charge in [0, 0.05) is 5.02 Å². The maximum Gasteiger partial charge on any atom is 0.0714 e. The number of rotatable bonds is 2. The summed E-state index contributed by atoms with van der Waals surface area (Å²) in [4.78, 5) is 0. The molecule has 0 unspecified atom stereocenters. The van der Waals surface area contributed by atoms with Crippen molar-refractivity contribution in [1.29, 1.82) is 0 Å². The van der Waals surface area contributed by atoms with E-state index in [4.69, 9.17) is 11.6 Å². The van der Waals surface area contributed by atoms with E-state index < -0.39 is 0 Å². The van der Waals surface area contributed by atoms with Crippen molar-refractivity contribution in [2.45, 2.75) is 12.3 Å². The van der Waals surface area contributed by atoms with Crippen molar-refractivity contribution in [2.75, 3.05) is 0 Å². The molecule has 0 heterocycles. The van der Waals surface area contributed by atoms with Crippen molar-refractivity contribution in [3.8, 4) is 11.1 Å². The van der Waals surface area contributed by atoms with Crippen LogP contribution >= 0.6 is 11.6 Å². The fourth-order valence-electron chi connectivity index (χ4n) is 4.69. The Hall–Kier alpha value is -2.83. The van der Waals surface area contributed by atoms with Gasteiger partial charge in [-0.25, -0.2) is 0 Å². The van der Waals surface area contributed by atoms with Crippen LogP contribution in [0.5, 0.6) is 0 Å². The van der Waals surface area contributed by atoms with Gasteiger partial charge in [-0.3, -0.25) is 0 Å². The molecule has 4 aromatic rings. The highest BCUT2D eigenvalue weighted by molar-refractivity contribution is 6.30. The third-order valence-corrected chi connectivity index (χ3v) is 5.98. The Morgan fingerprint density at radius 3 is 1.89 bits per heavy atom. The minimum atomic E-state index is -0.357. The van der Waals surface area contributed by atoms with Gasteiger partial charge in [0.1, 0.15) is 0 Å². The molecule has 0 nitrogen and oxygen atoms in total. The summed E-state index contributed by atoms with van der Waals surface area (Å²) in [6.45, 7) is 2.20. The van der Waals surface area contributed by atoms with E-state index in [0.29, 0.717) is 0 Å². The normalized spacial score (nSPS) is 13.9. The van der Waals surface area contributed by atoms with Crippen LogP contribution in [0.4, 0.5) is 0 Å². The topological polar surface area (TPSA) is 0 Å². The van der Waals surface area contributed by atoms with E-state index in [1.54, 1.807) is 0 Å². The molecule has 0 fully saturated rings. The van der Waals surface area contributed by atoms with Crippen LogP contribution in [0.3, 0.4) is 0 Å². The molecule has 0 bridgehead atoms. The Labute approximate surface area is 165 Å². The molecule has 4 aromatic carbocycles. The predicted molar refractivity (Wildman–Crippen MR) is 113 cm³/mol. The van der Waals surface area contributed by atoms with Crippen molar-refractivity contribution < 1.29 is 0 Å². The number of fused-ring (bicyclic) bond motifs is 3. The molecule has 130 valence electrons. The molecule has 5 rings (SSSR count). The third-order valence-electron chi connectivity index (χ3n) is 5.75. The van der Waals surface area contributed by atoms with Crippen molar-refractivity contribution in [3.05, 3.63) is 130 Å². The summed E-state index contributed by atoms with van der Waals surface area (Å²) < 4.78 is 0. The number of hydrogen-bond donors (Lipinski definition) is 0. The number of hydrogen-bond acceptors (Lipinski definition) is 0. The fraction of sp³-hybridized carbons (Fsp3) is 0.0769. The van der Waals surface area contributed by atoms with Gasteiger partial charge in [-0.15, -0.1) is 0 Å². The van der Waals surface area contributed by atoms with Gasteiger partial charge in [0.15, 0.2) is 0 Å². The first kappa shape index (κ1) is 16.4. The highest BCUT2D eigenvalue weighted by atomic mass is 35.5. The second-order valence-corrected chi connectivity index (χ2v) is 7.61. The van der Waals surface area contributed by atoms with Gasteiger partial charge < -0.3 is 0 Å². The first-order valence-electron chi connectivity index (χ1n) is 9.24. The van der Waals surface area contributed by atoms with E-state index in [2.05, 4.69) is 97.9 Å². The Morgan fingerprint density at radius 2 is 1.26 bits per heavy atom. The maximum atomic E-state index is 6.51. The molecule has 1 aliphatic carbocycles. The summed E-state index contributed by atoms with van der Waals surface area (Å²) in [5, 5.41) is 0.774. The highest BCUT2D eigenvalue weighted by Gasteiger charge is 2.46. The first-order valence-corrected chi connectivity index (χ1v) is 9.62. The number of aryl methyl sites for hydroxylation is 1. The standard InChI is InChI=1S/C26H19Cl/c1-18-9-8-14-23-25(18)22-16-15-21(27)17-24(22)26(23,19-10-4-2-5-11-19)20-12-6-3-7-13-20/h2-17H,1H3. The largest absolute Gasteiger partial charge is 0.0843 e. The fourth-order valence-corrected chi connectivity index (χ4v) is 4.86. The number of benzene rings is 4. The van der Waals surface area contributed by atoms with Gasteiger partial charge in [-0.1, -0.05) is 96.5 Å². The third kappa shape index (κ3) is 2.23. The predicted octanol–water partition coefficient (Wildman–Crippen LogP) is 7.01. The van der Waals surface area contributed by atoms with Crippen molar-refractivity contribution in [3.63, 3.8) is 0 Å². The van der Waals surface area contributed by atoms with Crippen molar-refractivity contribution in [2.24, 2.45) is 0 Å². The zero-order valence-corrected chi connectivity index (χ0v) is 15.9. The molecule has 0 aliphatic heterocycles. The van der Waals surface area contributed by atoms with E-state index >= 15 is 0 Å². The molecular formula is C26H19Cl. The lowest BCUT2D eigenvalue weighted by Gasteiger charge is -2.34. The molecule has 1 heteroatoms. The smallest absolute Gasteiger partial charge is 0.0714 e. The highest BCUT2D eigenvalue weighted by Crippen LogP contribution is 2.57. The lowest BCUT2D eigenvalue weighted by atomic mass is 9.67. The van der Waals surface area contributed by atoms with Gasteiger partial charge in [-0.2, -0.15) is 0 Å². The van der Waals surface area contributed by atoms with Crippen LogP contribution in [0.2, 0.25) is 5.02 Å². The molecule has 0 aromatic heterocycles. The minimum absolute atomic E-state index is 0.357. The summed E-state index contributed by atoms with van der Waals surface area (Å²) in [7, 11) is 0. The minimum Gasteiger partial charge on any atom is -0.0843 e. The van der Waals surface area contributed by atoms with Crippen LogP contribution in [0, 0.1) is 6.92 Å². The van der Waals surface area contributed by atoms with Gasteiger partial charge >= 0.3 is 0 Å². The Bertz CT molecular complexity index is 1090. The summed E-state index contributed by atoms with van der Waals surface area (Å²) in [6.07, 6.45) is 0. The summed E-state index contributed by atoms with van der Waals surface area (Å²) in [5.41, 5.74) is 8.67. The van der Waals surface area contributed by atoms with Crippen LogP contribution in [-0.2, 0) is 5.41 Å². The van der Waals surface area contributed by atoms with Gasteiger partial charge in [0.2, 0.25) is 0 Å². The molecule has 0 N–H and O–H groups in total. The average molecular weight is 367 g/mol. The quantitative estimate of drug-likeness (QED) is 0.315. The second-order valence-electron chi connectivity index (χ2n) is 7.17. The SMILES string of the molecule is Cc1cccc2c1-c1ccc(Cl)cc1C2(c1ccccc1)c1ccccc1. The molecular weight excluding hydrogens is 348 g/mol. The average Bonchev–Trinajstić information content (AvgIpc) is 3.01. The van der Waals surface area contributed by atoms with Crippen molar-refractivity contribution in [1.82, 2.24) is 0 Å². The monoisotopic (exact) mass is 366 g/mol. The Morgan fingerprint density at radius 1 is 0.630 bits per heavy atom. The van der Waals surface area contributed by atoms with E-state index in [1.165, 1.54) is 38.9 Å². The Balaban J connectivity index is 2.01.